The van der Waals surface area contributed by atoms with Crippen molar-refractivity contribution in [2.75, 3.05) is 13.1 Å². The Morgan fingerprint density at radius 1 is 1.25 bits per heavy atom. The molecule has 24 heavy (non-hydrogen) atoms. The number of halogens is 3. The van der Waals surface area contributed by atoms with E-state index in [9.17, 15) is 0 Å². The van der Waals surface area contributed by atoms with Crippen molar-refractivity contribution < 1.29 is 0 Å². The van der Waals surface area contributed by atoms with Crippen molar-refractivity contribution in [3.05, 3.63) is 63.3 Å². The summed E-state index contributed by atoms with van der Waals surface area (Å²) < 4.78 is 0.968. The summed E-state index contributed by atoms with van der Waals surface area (Å²) in [4.78, 5) is 8.89. The van der Waals surface area contributed by atoms with Crippen molar-refractivity contribution >= 4 is 57.5 Å². The molecular formula is C17H21BrClIN4. The van der Waals surface area contributed by atoms with Crippen LogP contribution >= 0.6 is 51.5 Å². The zero-order valence-electron chi connectivity index (χ0n) is 13.4. The van der Waals surface area contributed by atoms with Crippen LogP contribution in [0.3, 0.4) is 0 Å². The molecule has 2 aromatic rings. The number of guanidine groups is 1. The molecule has 0 saturated carbocycles. The van der Waals surface area contributed by atoms with Crippen LogP contribution in [0.25, 0.3) is 0 Å². The zero-order valence-corrected chi connectivity index (χ0v) is 18.1. The van der Waals surface area contributed by atoms with Gasteiger partial charge in [-0.15, -0.1) is 24.0 Å². The van der Waals surface area contributed by atoms with E-state index in [0.717, 1.165) is 41.2 Å². The van der Waals surface area contributed by atoms with Gasteiger partial charge in [-0.2, -0.15) is 0 Å². The van der Waals surface area contributed by atoms with Crippen molar-refractivity contribution in [3.8, 4) is 0 Å². The Balaban J connectivity index is 0.00000288. The van der Waals surface area contributed by atoms with Crippen LogP contribution in [-0.4, -0.2) is 24.0 Å². The van der Waals surface area contributed by atoms with E-state index >= 15 is 0 Å². The van der Waals surface area contributed by atoms with Gasteiger partial charge < -0.3 is 10.6 Å². The Bertz CT molecular complexity index is 652. The first-order valence-electron chi connectivity index (χ1n) is 7.55. The topological polar surface area (TPSA) is 49.3 Å². The zero-order chi connectivity index (χ0) is 16.5. The van der Waals surface area contributed by atoms with Crippen molar-refractivity contribution in [2.45, 2.75) is 19.9 Å². The van der Waals surface area contributed by atoms with E-state index in [2.05, 4.69) is 36.5 Å². The number of hydrogen-bond donors (Lipinski definition) is 2. The van der Waals surface area contributed by atoms with Crippen LogP contribution in [0, 0.1) is 0 Å². The van der Waals surface area contributed by atoms with Gasteiger partial charge in [0.05, 0.1) is 6.54 Å². The van der Waals surface area contributed by atoms with Crippen LogP contribution < -0.4 is 10.6 Å². The lowest BCUT2D eigenvalue weighted by Crippen LogP contribution is -2.38. The fourth-order valence-electron chi connectivity index (χ4n) is 2.01. The summed E-state index contributed by atoms with van der Waals surface area (Å²) >= 11 is 9.63. The van der Waals surface area contributed by atoms with E-state index in [1.54, 1.807) is 0 Å². The highest BCUT2D eigenvalue weighted by atomic mass is 127. The smallest absolute Gasteiger partial charge is 0.191 e. The maximum Gasteiger partial charge on any atom is 0.191 e. The predicted molar refractivity (Wildman–Crippen MR) is 115 cm³/mol. The van der Waals surface area contributed by atoms with Crippen molar-refractivity contribution in [1.29, 1.82) is 0 Å². The minimum absolute atomic E-state index is 0. The lowest BCUT2D eigenvalue weighted by molar-refractivity contribution is 0.788. The van der Waals surface area contributed by atoms with Gasteiger partial charge in [-0.25, -0.2) is 4.99 Å². The number of pyridine rings is 1. The number of aromatic nitrogens is 1. The lowest BCUT2D eigenvalue weighted by Gasteiger charge is -2.11. The molecule has 2 N–H and O–H groups in total. The quantitative estimate of drug-likeness (QED) is 0.335. The molecule has 0 amide bonds. The molecule has 2 rings (SSSR count). The second kappa shape index (κ2) is 11.7. The molecule has 7 heteroatoms. The highest BCUT2D eigenvalue weighted by Gasteiger charge is 2.02. The van der Waals surface area contributed by atoms with Gasteiger partial charge in [0.2, 0.25) is 0 Å². The normalized spacial score (nSPS) is 10.9. The fraction of sp³-hybridized carbons (Fsp3) is 0.294. The highest BCUT2D eigenvalue weighted by Crippen LogP contribution is 2.21. The summed E-state index contributed by atoms with van der Waals surface area (Å²) in [6, 6.07) is 11.8. The molecule has 1 heterocycles. The third kappa shape index (κ3) is 7.36. The van der Waals surface area contributed by atoms with Crippen LogP contribution in [-0.2, 0) is 13.0 Å². The summed E-state index contributed by atoms with van der Waals surface area (Å²) in [5.41, 5.74) is 2.06. The van der Waals surface area contributed by atoms with Crippen molar-refractivity contribution in [3.63, 3.8) is 0 Å². The van der Waals surface area contributed by atoms with Gasteiger partial charge in [-0.3, -0.25) is 4.98 Å². The Hall–Kier alpha value is -0.860. The Morgan fingerprint density at radius 2 is 2.08 bits per heavy atom. The number of benzene rings is 1. The van der Waals surface area contributed by atoms with E-state index < -0.39 is 0 Å². The minimum Gasteiger partial charge on any atom is -0.357 e. The van der Waals surface area contributed by atoms with E-state index in [4.69, 9.17) is 11.6 Å². The van der Waals surface area contributed by atoms with Gasteiger partial charge in [0.1, 0.15) is 0 Å². The number of nitrogens with one attached hydrogen (secondary N) is 2. The Kier molecular flexibility index (Phi) is 10.3. The number of nitrogens with zero attached hydrogens (tertiary/aromatic N) is 2. The monoisotopic (exact) mass is 522 g/mol. The van der Waals surface area contributed by atoms with E-state index in [1.165, 1.54) is 0 Å². The SMILES string of the molecule is CCNC(=NCc1ccc(Br)cc1Cl)NCCc1ccccn1.I. The number of rotatable bonds is 6. The maximum absolute atomic E-state index is 6.23. The van der Waals surface area contributed by atoms with E-state index in [-0.39, 0.29) is 24.0 Å². The summed E-state index contributed by atoms with van der Waals surface area (Å²) in [6.07, 6.45) is 2.66. The largest absolute Gasteiger partial charge is 0.357 e. The molecule has 0 radical (unpaired) electrons. The molecule has 0 fully saturated rings. The predicted octanol–water partition coefficient (Wildman–Crippen LogP) is 4.41. The molecule has 0 aliphatic carbocycles. The first kappa shape index (κ1) is 21.2. The van der Waals surface area contributed by atoms with Crippen LogP contribution in [0.2, 0.25) is 5.02 Å². The first-order valence-corrected chi connectivity index (χ1v) is 8.72. The molecule has 0 spiro atoms. The molecule has 4 nitrogen and oxygen atoms in total. The highest BCUT2D eigenvalue weighted by molar-refractivity contribution is 14.0. The number of aliphatic imine (C=N–C) groups is 1. The fourth-order valence-corrected chi connectivity index (χ4v) is 2.74. The molecular weight excluding hydrogens is 502 g/mol. The van der Waals surface area contributed by atoms with Crippen molar-refractivity contribution in [1.82, 2.24) is 15.6 Å². The summed E-state index contributed by atoms with van der Waals surface area (Å²) in [5.74, 6) is 0.780. The maximum atomic E-state index is 6.23. The minimum atomic E-state index is 0. The molecule has 130 valence electrons. The second-order valence-electron chi connectivity index (χ2n) is 4.93. The molecule has 0 saturated heterocycles. The van der Waals surface area contributed by atoms with Gasteiger partial charge in [-0.05, 0) is 36.8 Å². The lowest BCUT2D eigenvalue weighted by atomic mass is 10.2. The summed E-state index contributed by atoms with van der Waals surface area (Å²) in [6.45, 7) is 4.16. The van der Waals surface area contributed by atoms with E-state index in [1.807, 2.05) is 49.5 Å². The molecule has 1 aromatic carbocycles. The second-order valence-corrected chi connectivity index (χ2v) is 6.25. The van der Waals surface area contributed by atoms with Gasteiger partial charge in [-0.1, -0.05) is 39.7 Å². The van der Waals surface area contributed by atoms with Crippen LogP contribution in [0.1, 0.15) is 18.2 Å². The molecule has 0 atom stereocenters. The molecule has 0 unspecified atom stereocenters. The third-order valence-corrected chi connectivity index (χ3v) is 4.01. The molecule has 0 bridgehead atoms. The van der Waals surface area contributed by atoms with Crippen molar-refractivity contribution in [2.24, 2.45) is 4.99 Å². The van der Waals surface area contributed by atoms with Crippen LogP contribution in [0.5, 0.6) is 0 Å². The average molecular weight is 524 g/mol. The molecule has 0 aliphatic heterocycles. The van der Waals surface area contributed by atoms with Crippen LogP contribution in [0.4, 0.5) is 0 Å². The summed E-state index contributed by atoms with van der Waals surface area (Å²) in [5, 5.41) is 7.27. The third-order valence-electron chi connectivity index (χ3n) is 3.17. The number of hydrogen-bond acceptors (Lipinski definition) is 2. The average Bonchev–Trinajstić information content (AvgIpc) is 2.55. The summed E-state index contributed by atoms with van der Waals surface area (Å²) in [7, 11) is 0. The van der Waals surface area contributed by atoms with Crippen LogP contribution in [0.15, 0.2) is 52.1 Å². The van der Waals surface area contributed by atoms with Gasteiger partial charge in [0.25, 0.3) is 0 Å². The Morgan fingerprint density at radius 3 is 2.75 bits per heavy atom. The first-order chi connectivity index (χ1) is 11.2. The molecule has 1 aromatic heterocycles. The Labute approximate surface area is 173 Å². The molecule has 0 aliphatic rings. The van der Waals surface area contributed by atoms with Gasteiger partial charge >= 0.3 is 0 Å². The van der Waals surface area contributed by atoms with Gasteiger partial charge in [0, 0.05) is 40.9 Å². The van der Waals surface area contributed by atoms with Gasteiger partial charge in [0.15, 0.2) is 5.96 Å². The standard InChI is InChI=1S/C17H20BrClN4.HI/c1-2-20-17(22-10-8-15-5-3-4-9-21-15)23-12-13-6-7-14(18)11-16(13)19;/h3-7,9,11H,2,8,10,12H2,1H3,(H2,20,22,23);1H. The van der Waals surface area contributed by atoms with E-state index in [0.29, 0.717) is 11.6 Å².